The van der Waals surface area contributed by atoms with Gasteiger partial charge in [0.15, 0.2) is 11.5 Å². The molecular weight excluding hydrogens is 243 g/mol. The molecule has 0 spiro atoms. The third-order valence-corrected chi connectivity index (χ3v) is 2.59. The number of hydrogen-bond donors (Lipinski definition) is 2. The summed E-state index contributed by atoms with van der Waals surface area (Å²) >= 11 is 0. The Hall–Kier alpha value is -1.47. The van der Waals surface area contributed by atoms with Crippen molar-refractivity contribution in [2.24, 2.45) is 0 Å². The Bertz CT molecular complexity index is 417. The number of carbonyl (C=O) groups is 1. The second-order valence-electron chi connectivity index (χ2n) is 4.37. The molecule has 2 N–H and O–H groups in total. The average Bonchev–Trinajstić information content (AvgIpc) is 2.78. The molecule has 1 aromatic heterocycles. The van der Waals surface area contributed by atoms with Crippen molar-refractivity contribution in [1.29, 1.82) is 0 Å². The molecule has 18 heavy (non-hydrogen) atoms. The summed E-state index contributed by atoms with van der Waals surface area (Å²) in [6.07, 6.45) is 0. The normalized spacial score (nSPS) is 11.6. The topological polar surface area (TPSA) is 84.6 Å². The molecule has 1 rings (SSSR count). The molecule has 0 saturated carbocycles. The van der Waals surface area contributed by atoms with E-state index in [9.17, 15) is 9.18 Å². The Balaban J connectivity index is 2.76. The highest BCUT2D eigenvalue weighted by Gasteiger charge is 2.23. The lowest BCUT2D eigenvalue weighted by Gasteiger charge is -2.22. The Morgan fingerprint density at radius 2 is 2.28 bits per heavy atom. The van der Waals surface area contributed by atoms with Crippen molar-refractivity contribution < 1.29 is 23.6 Å². The van der Waals surface area contributed by atoms with Gasteiger partial charge in [0.25, 0.3) is 5.91 Å². The fraction of sp³-hybridized carbons (Fsp3) is 0.636. The zero-order chi connectivity index (χ0) is 13.8. The van der Waals surface area contributed by atoms with Gasteiger partial charge >= 0.3 is 0 Å². The lowest BCUT2D eigenvalue weighted by molar-refractivity contribution is 0.0227. The van der Waals surface area contributed by atoms with Gasteiger partial charge < -0.3 is 19.7 Å². The molecule has 0 aliphatic rings. The number of amides is 1. The van der Waals surface area contributed by atoms with Crippen LogP contribution in [0.3, 0.4) is 0 Å². The molecule has 1 amide bonds. The molecule has 7 heteroatoms. The molecule has 6 nitrogen and oxygen atoms in total. The molecule has 102 valence electrons. The van der Waals surface area contributed by atoms with E-state index in [2.05, 4.69) is 15.0 Å². The number of aliphatic hydroxyl groups excluding tert-OH is 1. The van der Waals surface area contributed by atoms with Crippen molar-refractivity contribution in [3.05, 3.63) is 17.0 Å². The Kier molecular flexibility index (Phi) is 4.80. The summed E-state index contributed by atoms with van der Waals surface area (Å²) in [6, 6.07) is 0. The zero-order valence-corrected chi connectivity index (χ0v) is 10.6. The number of nitrogens with one attached hydrogen (secondary N) is 1. The van der Waals surface area contributed by atoms with E-state index in [0.717, 1.165) is 0 Å². The van der Waals surface area contributed by atoms with Crippen molar-refractivity contribution in [3.8, 4) is 0 Å². The van der Waals surface area contributed by atoms with E-state index in [1.54, 1.807) is 13.8 Å². The fourth-order valence-electron chi connectivity index (χ4n) is 1.23. The van der Waals surface area contributed by atoms with E-state index < -0.39 is 24.8 Å². The minimum atomic E-state index is -0.921. The van der Waals surface area contributed by atoms with Gasteiger partial charge in [0.1, 0.15) is 13.3 Å². The molecule has 0 aliphatic carbocycles. The van der Waals surface area contributed by atoms with Crippen LogP contribution in [-0.4, -0.2) is 35.4 Å². The van der Waals surface area contributed by atoms with Gasteiger partial charge in [0, 0.05) is 13.7 Å². The lowest BCUT2D eigenvalue weighted by atomic mass is 10.1. The van der Waals surface area contributed by atoms with Gasteiger partial charge in [0.2, 0.25) is 0 Å². The van der Waals surface area contributed by atoms with Crippen LogP contribution in [0.15, 0.2) is 4.52 Å². The van der Waals surface area contributed by atoms with E-state index in [4.69, 9.17) is 9.84 Å². The lowest BCUT2D eigenvalue weighted by Crippen LogP contribution is -2.40. The number of aliphatic hydroxyl groups is 1. The molecular formula is C11H17FN2O4. The van der Waals surface area contributed by atoms with Crippen molar-refractivity contribution in [2.75, 3.05) is 13.7 Å². The molecule has 0 unspecified atom stereocenters. The van der Waals surface area contributed by atoms with E-state index >= 15 is 0 Å². The van der Waals surface area contributed by atoms with Crippen LogP contribution < -0.4 is 5.32 Å². The second-order valence-corrected chi connectivity index (χ2v) is 4.37. The molecule has 1 heterocycles. The predicted octanol–water partition coefficient (Wildman–Crippen LogP) is 0.791. The number of alkyl halides is 1. The molecule has 0 atom stereocenters. The highest BCUT2D eigenvalue weighted by Crippen LogP contribution is 2.16. The maximum absolute atomic E-state index is 12.8. The number of methoxy groups -OCH3 is 1. The summed E-state index contributed by atoms with van der Waals surface area (Å²) in [4.78, 5) is 11.8. The van der Waals surface area contributed by atoms with Crippen molar-refractivity contribution in [3.63, 3.8) is 0 Å². The predicted molar refractivity (Wildman–Crippen MR) is 60.7 cm³/mol. The van der Waals surface area contributed by atoms with E-state index in [0.29, 0.717) is 0 Å². The van der Waals surface area contributed by atoms with Gasteiger partial charge in [-0.2, -0.15) is 0 Å². The number of aromatic nitrogens is 1. The van der Waals surface area contributed by atoms with Crippen LogP contribution in [0.1, 0.15) is 35.7 Å². The van der Waals surface area contributed by atoms with E-state index in [1.165, 1.54) is 7.11 Å². The Morgan fingerprint density at radius 3 is 2.78 bits per heavy atom. The first-order chi connectivity index (χ1) is 8.45. The highest BCUT2D eigenvalue weighted by molar-refractivity contribution is 5.93. The van der Waals surface area contributed by atoms with Gasteiger partial charge in [-0.15, -0.1) is 0 Å². The summed E-state index contributed by atoms with van der Waals surface area (Å²) in [5, 5.41) is 14.9. The Morgan fingerprint density at radius 1 is 1.61 bits per heavy atom. The van der Waals surface area contributed by atoms with Gasteiger partial charge in [-0.3, -0.25) is 4.79 Å². The van der Waals surface area contributed by atoms with Crippen molar-refractivity contribution in [1.82, 2.24) is 10.5 Å². The molecule has 0 aliphatic heterocycles. The quantitative estimate of drug-likeness (QED) is 0.790. The van der Waals surface area contributed by atoms with Crippen LogP contribution in [0.4, 0.5) is 4.39 Å². The van der Waals surface area contributed by atoms with Crippen molar-refractivity contribution >= 4 is 5.91 Å². The maximum atomic E-state index is 12.8. The van der Waals surface area contributed by atoms with Gasteiger partial charge in [-0.05, 0) is 13.8 Å². The average molecular weight is 260 g/mol. The third kappa shape index (κ3) is 3.27. The Labute approximate surface area is 104 Å². The second kappa shape index (κ2) is 5.92. The minimum Gasteiger partial charge on any atom is -0.388 e. The standard InChI is InChI=1S/C11H17FN2O4/c1-11(2,17-3)6-13-10(16)9-7(4-12)8(5-15)18-14-9/h15H,4-6H2,1-3H3,(H,13,16). The zero-order valence-electron chi connectivity index (χ0n) is 10.6. The van der Waals surface area contributed by atoms with Crippen LogP contribution in [0.2, 0.25) is 0 Å². The first-order valence-electron chi connectivity index (χ1n) is 5.42. The summed E-state index contributed by atoms with van der Waals surface area (Å²) < 4.78 is 22.6. The molecule has 0 radical (unpaired) electrons. The number of hydrogen-bond acceptors (Lipinski definition) is 5. The smallest absolute Gasteiger partial charge is 0.273 e. The number of ether oxygens (including phenoxy) is 1. The SMILES string of the molecule is COC(C)(C)CNC(=O)c1noc(CO)c1CF. The van der Waals surface area contributed by atoms with Crippen LogP contribution in [-0.2, 0) is 18.0 Å². The van der Waals surface area contributed by atoms with E-state index in [1.807, 2.05) is 0 Å². The summed E-state index contributed by atoms with van der Waals surface area (Å²) in [6.45, 7) is 2.42. The summed E-state index contributed by atoms with van der Waals surface area (Å²) in [5.74, 6) is -0.593. The summed E-state index contributed by atoms with van der Waals surface area (Å²) in [7, 11) is 1.53. The van der Waals surface area contributed by atoms with Gasteiger partial charge in [0.05, 0.1) is 11.2 Å². The van der Waals surface area contributed by atoms with Crippen molar-refractivity contribution in [2.45, 2.75) is 32.7 Å². The van der Waals surface area contributed by atoms with Crippen LogP contribution >= 0.6 is 0 Å². The highest BCUT2D eigenvalue weighted by atomic mass is 19.1. The molecule has 1 aromatic rings. The number of halogens is 1. The molecule has 0 bridgehead atoms. The molecule has 0 saturated heterocycles. The van der Waals surface area contributed by atoms with Crippen LogP contribution in [0, 0.1) is 0 Å². The maximum Gasteiger partial charge on any atom is 0.273 e. The number of nitrogens with zero attached hydrogens (tertiary/aromatic N) is 1. The number of carbonyl (C=O) groups excluding carboxylic acids is 1. The third-order valence-electron chi connectivity index (χ3n) is 2.59. The van der Waals surface area contributed by atoms with Crippen LogP contribution in [0.5, 0.6) is 0 Å². The fourth-order valence-corrected chi connectivity index (χ4v) is 1.23. The summed E-state index contributed by atoms with van der Waals surface area (Å²) in [5.41, 5.74) is -0.701. The first-order valence-corrected chi connectivity index (χ1v) is 5.42. The van der Waals surface area contributed by atoms with Crippen LogP contribution in [0.25, 0.3) is 0 Å². The molecule has 0 aromatic carbocycles. The number of rotatable bonds is 6. The van der Waals surface area contributed by atoms with Gasteiger partial charge in [-0.1, -0.05) is 5.16 Å². The first kappa shape index (κ1) is 14.6. The van der Waals surface area contributed by atoms with Gasteiger partial charge in [-0.25, -0.2) is 4.39 Å². The van der Waals surface area contributed by atoms with E-state index in [-0.39, 0.29) is 23.6 Å². The molecule has 0 fully saturated rings. The monoisotopic (exact) mass is 260 g/mol. The minimum absolute atomic E-state index is 0.0229. The largest absolute Gasteiger partial charge is 0.388 e.